The summed E-state index contributed by atoms with van der Waals surface area (Å²) in [5, 5.41) is 2.86. The van der Waals surface area contributed by atoms with Crippen LogP contribution in [0.1, 0.15) is 33.6 Å². The van der Waals surface area contributed by atoms with Crippen LogP contribution in [0.4, 0.5) is 15.7 Å². The van der Waals surface area contributed by atoms with Gasteiger partial charge in [-0.25, -0.2) is 14.8 Å². The lowest BCUT2D eigenvalue weighted by Crippen LogP contribution is -2.41. The number of carbonyl (C=O) groups is 3. The van der Waals surface area contributed by atoms with E-state index in [2.05, 4.69) is 20.3 Å². The van der Waals surface area contributed by atoms with Gasteiger partial charge in [0.1, 0.15) is 5.60 Å². The fraction of sp³-hybridized carbons (Fsp3) is 0.529. The molecule has 1 aliphatic heterocycles. The number of hydrogen-bond acceptors (Lipinski definition) is 9. The lowest BCUT2D eigenvalue weighted by Gasteiger charge is -2.29. The molecule has 1 atom stereocenters. The van der Waals surface area contributed by atoms with Crippen LogP contribution in [0.15, 0.2) is 6.20 Å². The molecule has 2 aromatic rings. The van der Waals surface area contributed by atoms with Gasteiger partial charge in [-0.3, -0.25) is 19.8 Å². The monoisotopic (exact) mass is 407 g/mol. The number of fused-ring (bicyclic) bond motifs is 1. The van der Waals surface area contributed by atoms with Crippen molar-refractivity contribution in [2.75, 3.05) is 23.9 Å². The highest BCUT2D eigenvalue weighted by molar-refractivity contribution is 7.21. The van der Waals surface area contributed by atoms with Gasteiger partial charge in [-0.05, 0) is 27.2 Å². The van der Waals surface area contributed by atoms with E-state index in [-0.39, 0.29) is 18.3 Å². The number of carbonyl (C=O) groups excluding carboxylic acids is 3. The molecule has 10 nitrogen and oxygen atoms in total. The SMILES string of the molecule is COC(=O)C1CCN(c2cnc3nc(NC(=O)OC(C)(C)C)sc3n2)C(=O)C1. The van der Waals surface area contributed by atoms with Gasteiger partial charge in [-0.2, -0.15) is 4.98 Å². The van der Waals surface area contributed by atoms with Crippen LogP contribution in [0.3, 0.4) is 0 Å². The number of anilines is 2. The Labute approximate surface area is 165 Å². The number of hydrogen-bond donors (Lipinski definition) is 1. The van der Waals surface area contributed by atoms with Gasteiger partial charge in [-0.1, -0.05) is 11.3 Å². The highest BCUT2D eigenvalue weighted by atomic mass is 32.1. The molecule has 1 N–H and O–H groups in total. The number of nitrogens with one attached hydrogen (secondary N) is 1. The number of aromatic nitrogens is 3. The van der Waals surface area contributed by atoms with Crippen LogP contribution in [0.25, 0.3) is 10.5 Å². The molecule has 3 rings (SSSR count). The number of amides is 2. The van der Waals surface area contributed by atoms with E-state index in [4.69, 9.17) is 9.47 Å². The maximum Gasteiger partial charge on any atom is 0.413 e. The molecule has 2 aromatic heterocycles. The van der Waals surface area contributed by atoms with Crippen molar-refractivity contribution in [2.45, 2.75) is 39.2 Å². The van der Waals surface area contributed by atoms with E-state index in [1.54, 1.807) is 20.8 Å². The maximum absolute atomic E-state index is 12.4. The summed E-state index contributed by atoms with van der Waals surface area (Å²) in [4.78, 5) is 50.7. The summed E-state index contributed by atoms with van der Waals surface area (Å²) in [6.07, 6.45) is 1.40. The van der Waals surface area contributed by atoms with Crippen molar-refractivity contribution in [3.63, 3.8) is 0 Å². The van der Waals surface area contributed by atoms with Crippen LogP contribution < -0.4 is 10.2 Å². The van der Waals surface area contributed by atoms with Crippen molar-refractivity contribution in [1.82, 2.24) is 15.0 Å². The molecule has 0 saturated carbocycles. The summed E-state index contributed by atoms with van der Waals surface area (Å²) in [6, 6.07) is 0. The zero-order valence-electron chi connectivity index (χ0n) is 16.0. The molecule has 28 heavy (non-hydrogen) atoms. The average Bonchev–Trinajstić information content (AvgIpc) is 3.00. The first-order valence-electron chi connectivity index (χ1n) is 8.68. The van der Waals surface area contributed by atoms with Crippen LogP contribution in [0, 0.1) is 5.92 Å². The first-order valence-corrected chi connectivity index (χ1v) is 9.49. The molecule has 0 aromatic carbocycles. The summed E-state index contributed by atoms with van der Waals surface area (Å²) in [6.45, 7) is 5.64. The minimum Gasteiger partial charge on any atom is -0.469 e. The summed E-state index contributed by atoms with van der Waals surface area (Å²) in [5.41, 5.74) is -0.266. The highest BCUT2D eigenvalue weighted by Gasteiger charge is 2.32. The van der Waals surface area contributed by atoms with Crippen molar-refractivity contribution < 1.29 is 23.9 Å². The number of nitrogens with zero attached hydrogens (tertiary/aromatic N) is 4. The van der Waals surface area contributed by atoms with Gasteiger partial charge >= 0.3 is 12.1 Å². The molecule has 2 amide bonds. The third-order valence-electron chi connectivity index (χ3n) is 3.95. The molecule has 0 radical (unpaired) electrons. The molecule has 0 spiro atoms. The Balaban J connectivity index is 1.73. The van der Waals surface area contributed by atoms with Gasteiger partial charge in [0.05, 0.1) is 19.2 Å². The molecule has 1 aliphatic rings. The number of rotatable bonds is 3. The Morgan fingerprint density at radius 1 is 1.32 bits per heavy atom. The topological polar surface area (TPSA) is 124 Å². The Bertz CT molecular complexity index is 922. The molecule has 1 unspecified atom stereocenters. The number of thiazole rings is 1. The third kappa shape index (κ3) is 4.53. The van der Waals surface area contributed by atoms with Crippen molar-refractivity contribution >= 4 is 50.7 Å². The molecule has 0 bridgehead atoms. The van der Waals surface area contributed by atoms with Crippen molar-refractivity contribution in [3.8, 4) is 0 Å². The normalized spacial score (nSPS) is 17.5. The van der Waals surface area contributed by atoms with E-state index in [1.165, 1.54) is 18.2 Å². The Hall–Kier alpha value is -2.82. The summed E-state index contributed by atoms with van der Waals surface area (Å²) >= 11 is 1.13. The summed E-state index contributed by atoms with van der Waals surface area (Å²) < 4.78 is 9.91. The molecule has 11 heteroatoms. The average molecular weight is 407 g/mol. The van der Waals surface area contributed by atoms with Crippen LogP contribution in [-0.4, -0.2) is 52.2 Å². The first kappa shape index (κ1) is 19.9. The molecular weight excluding hydrogens is 386 g/mol. The standard InChI is InChI=1S/C17H21N5O5S/c1-17(2,3)27-16(25)21-15-20-12-13(28-15)19-10(8-18-12)22-6-5-9(7-11(22)23)14(24)26-4/h8-9H,5-7H2,1-4H3,(H,18,20,21,25). The Morgan fingerprint density at radius 3 is 2.71 bits per heavy atom. The fourth-order valence-electron chi connectivity index (χ4n) is 2.73. The van der Waals surface area contributed by atoms with E-state index < -0.39 is 17.6 Å². The van der Waals surface area contributed by atoms with Gasteiger partial charge < -0.3 is 9.47 Å². The minimum absolute atomic E-state index is 0.0700. The van der Waals surface area contributed by atoms with Crippen LogP contribution >= 0.6 is 11.3 Å². The van der Waals surface area contributed by atoms with E-state index in [0.717, 1.165) is 11.3 Å². The van der Waals surface area contributed by atoms with Gasteiger partial charge in [0.2, 0.25) is 5.91 Å². The van der Waals surface area contributed by atoms with E-state index in [1.807, 2.05) is 0 Å². The van der Waals surface area contributed by atoms with Crippen LogP contribution in [-0.2, 0) is 19.1 Å². The molecule has 1 saturated heterocycles. The number of esters is 1. The molecule has 150 valence electrons. The minimum atomic E-state index is -0.624. The Kier molecular flexibility index (Phi) is 5.45. The van der Waals surface area contributed by atoms with Crippen molar-refractivity contribution in [2.24, 2.45) is 5.92 Å². The highest BCUT2D eigenvalue weighted by Crippen LogP contribution is 2.28. The largest absolute Gasteiger partial charge is 0.469 e. The van der Waals surface area contributed by atoms with Gasteiger partial charge in [-0.15, -0.1) is 0 Å². The lowest BCUT2D eigenvalue weighted by atomic mass is 9.96. The number of piperidine rings is 1. The van der Waals surface area contributed by atoms with E-state index in [9.17, 15) is 14.4 Å². The molecular formula is C17H21N5O5S. The second-order valence-corrected chi connectivity index (χ2v) is 8.24. The van der Waals surface area contributed by atoms with Crippen molar-refractivity contribution in [3.05, 3.63) is 6.20 Å². The lowest BCUT2D eigenvalue weighted by molar-refractivity contribution is -0.148. The summed E-state index contributed by atoms with van der Waals surface area (Å²) in [7, 11) is 1.31. The smallest absolute Gasteiger partial charge is 0.413 e. The fourth-order valence-corrected chi connectivity index (χ4v) is 3.51. The van der Waals surface area contributed by atoms with Gasteiger partial charge in [0.25, 0.3) is 0 Å². The zero-order valence-corrected chi connectivity index (χ0v) is 16.8. The second-order valence-electron chi connectivity index (χ2n) is 7.26. The van der Waals surface area contributed by atoms with Crippen molar-refractivity contribution in [1.29, 1.82) is 0 Å². The van der Waals surface area contributed by atoms with Crippen LogP contribution in [0.5, 0.6) is 0 Å². The molecule has 0 aliphatic carbocycles. The number of ether oxygens (including phenoxy) is 2. The maximum atomic E-state index is 12.4. The summed E-state index contributed by atoms with van der Waals surface area (Å²) in [5.74, 6) is -0.645. The number of methoxy groups -OCH3 is 1. The van der Waals surface area contributed by atoms with E-state index >= 15 is 0 Å². The Morgan fingerprint density at radius 2 is 2.07 bits per heavy atom. The third-order valence-corrected chi connectivity index (χ3v) is 4.81. The van der Waals surface area contributed by atoms with Gasteiger partial charge in [0.15, 0.2) is 21.4 Å². The predicted octanol–water partition coefficient (Wildman–Crippen LogP) is 2.35. The first-order chi connectivity index (χ1) is 13.2. The van der Waals surface area contributed by atoms with E-state index in [0.29, 0.717) is 34.4 Å². The molecule has 1 fully saturated rings. The van der Waals surface area contributed by atoms with Crippen LogP contribution in [0.2, 0.25) is 0 Å². The quantitative estimate of drug-likeness (QED) is 0.769. The molecule has 3 heterocycles. The predicted molar refractivity (Wildman–Crippen MR) is 102 cm³/mol. The second kappa shape index (κ2) is 7.66. The zero-order chi connectivity index (χ0) is 20.5. The van der Waals surface area contributed by atoms with Gasteiger partial charge in [0, 0.05) is 13.0 Å².